The molecule has 1 aliphatic rings. The van der Waals surface area contributed by atoms with Crippen LogP contribution in [0.3, 0.4) is 0 Å². The van der Waals surface area contributed by atoms with Gasteiger partial charge in [-0.2, -0.15) is 4.31 Å². The monoisotopic (exact) mass is 415 g/mol. The first-order valence-electron chi connectivity index (χ1n) is 10.1. The Bertz CT molecular complexity index is 923. The third-order valence-electron chi connectivity index (χ3n) is 5.30. The number of benzene rings is 2. The molecule has 1 fully saturated rings. The van der Waals surface area contributed by atoms with Crippen LogP contribution in [-0.2, 0) is 16.6 Å². The summed E-state index contributed by atoms with van der Waals surface area (Å²) in [6, 6.07) is 16.5. The molecule has 0 radical (unpaired) electrons. The van der Waals surface area contributed by atoms with Crippen LogP contribution in [0.25, 0.3) is 0 Å². The van der Waals surface area contributed by atoms with Gasteiger partial charge in [0.05, 0.1) is 4.90 Å². The number of sulfonamides is 1. The Kier molecular flexibility index (Phi) is 7.05. The highest BCUT2D eigenvalue weighted by Gasteiger charge is 2.29. The van der Waals surface area contributed by atoms with Crippen LogP contribution >= 0.6 is 0 Å². The van der Waals surface area contributed by atoms with E-state index in [4.69, 9.17) is 0 Å². The molecule has 1 amide bonds. The molecular weight excluding hydrogens is 386 g/mol. The average molecular weight is 416 g/mol. The van der Waals surface area contributed by atoms with Crippen LogP contribution in [0.4, 0.5) is 0 Å². The Morgan fingerprint density at radius 1 is 1.03 bits per heavy atom. The van der Waals surface area contributed by atoms with Gasteiger partial charge in [-0.3, -0.25) is 9.69 Å². The molecule has 1 N–H and O–H groups in total. The molecule has 7 heteroatoms. The first-order valence-corrected chi connectivity index (χ1v) is 11.5. The summed E-state index contributed by atoms with van der Waals surface area (Å²) in [7, 11) is -3.62. The van der Waals surface area contributed by atoms with Crippen LogP contribution in [0.2, 0.25) is 0 Å². The molecule has 1 atom stereocenters. The lowest BCUT2D eigenvalue weighted by atomic mass is 10.2. The van der Waals surface area contributed by atoms with Crippen molar-refractivity contribution >= 4 is 15.9 Å². The first kappa shape index (κ1) is 21.5. The summed E-state index contributed by atoms with van der Waals surface area (Å²) in [5.41, 5.74) is 1.60. The van der Waals surface area contributed by atoms with Gasteiger partial charge in [-0.25, -0.2) is 8.42 Å². The number of rotatable bonds is 7. The Balaban J connectivity index is 1.65. The Morgan fingerprint density at radius 3 is 2.38 bits per heavy atom. The number of nitrogens with zero attached hydrogens (tertiary/aromatic N) is 2. The third-order valence-corrected chi connectivity index (χ3v) is 7.20. The highest BCUT2D eigenvalue weighted by Crippen LogP contribution is 2.20. The van der Waals surface area contributed by atoms with Gasteiger partial charge >= 0.3 is 0 Å². The van der Waals surface area contributed by atoms with Crippen molar-refractivity contribution in [2.24, 2.45) is 0 Å². The van der Waals surface area contributed by atoms with E-state index in [1.807, 2.05) is 32.0 Å². The molecule has 2 aromatic rings. The fraction of sp³-hybridized carbons (Fsp3) is 0.409. The molecule has 156 valence electrons. The molecule has 3 rings (SSSR count). The van der Waals surface area contributed by atoms with Crippen LogP contribution in [0.1, 0.15) is 36.2 Å². The Hall–Kier alpha value is -2.22. The van der Waals surface area contributed by atoms with Crippen molar-refractivity contribution in [3.8, 4) is 0 Å². The predicted octanol–water partition coefficient (Wildman–Crippen LogP) is 2.72. The molecule has 0 spiro atoms. The lowest BCUT2D eigenvalue weighted by Gasteiger charge is -2.34. The van der Waals surface area contributed by atoms with E-state index in [2.05, 4.69) is 22.3 Å². The Morgan fingerprint density at radius 2 is 1.72 bits per heavy atom. The number of nitrogens with one attached hydrogen (secondary N) is 1. The fourth-order valence-electron chi connectivity index (χ4n) is 3.33. The highest BCUT2D eigenvalue weighted by molar-refractivity contribution is 7.89. The molecule has 1 heterocycles. The molecule has 29 heavy (non-hydrogen) atoms. The number of amides is 1. The molecule has 1 aliphatic heterocycles. The van der Waals surface area contributed by atoms with E-state index in [-0.39, 0.29) is 16.8 Å². The smallest absolute Gasteiger partial charge is 0.251 e. The first-order chi connectivity index (χ1) is 13.9. The van der Waals surface area contributed by atoms with E-state index in [0.717, 1.165) is 13.0 Å². The van der Waals surface area contributed by atoms with E-state index < -0.39 is 10.0 Å². The number of hydrogen-bond acceptors (Lipinski definition) is 4. The van der Waals surface area contributed by atoms with Crippen molar-refractivity contribution in [1.82, 2.24) is 14.5 Å². The minimum absolute atomic E-state index is 0.0421. The van der Waals surface area contributed by atoms with Crippen molar-refractivity contribution < 1.29 is 13.2 Å². The van der Waals surface area contributed by atoms with Gasteiger partial charge in [0.1, 0.15) is 0 Å². The van der Waals surface area contributed by atoms with Crippen LogP contribution in [0, 0.1) is 0 Å². The minimum atomic E-state index is -3.62. The van der Waals surface area contributed by atoms with Crippen LogP contribution in [0.5, 0.6) is 0 Å². The summed E-state index contributed by atoms with van der Waals surface area (Å²) in [5, 5.41) is 2.88. The quantitative estimate of drug-likeness (QED) is 0.755. The molecule has 0 aromatic heterocycles. The summed E-state index contributed by atoms with van der Waals surface area (Å²) >= 11 is 0. The zero-order chi connectivity index (χ0) is 20.9. The Labute approximate surface area is 173 Å². The standard InChI is InChI=1S/C22H29N3O3S/c1-3-18(2)23-22(26)20-10-7-11-21(16-20)29(27,28)25-14-12-24(13-15-25)17-19-8-5-4-6-9-19/h4-11,16,18H,3,12-15,17H2,1-2H3,(H,23,26). The largest absolute Gasteiger partial charge is 0.350 e. The van der Waals surface area contributed by atoms with Crippen LogP contribution < -0.4 is 5.32 Å². The normalized spacial score (nSPS) is 17.0. The van der Waals surface area contributed by atoms with Crippen molar-refractivity contribution in [3.63, 3.8) is 0 Å². The van der Waals surface area contributed by atoms with Crippen molar-refractivity contribution in [2.45, 2.75) is 37.8 Å². The van der Waals surface area contributed by atoms with Crippen molar-refractivity contribution in [2.75, 3.05) is 26.2 Å². The number of carbonyl (C=O) groups is 1. The van der Waals surface area contributed by atoms with Crippen molar-refractivity contribution in [1.29, 1.82) is 0 Å². The second-order valence-electron chi connectivity index (χ2n) is 7.48. The molecule has 0 bridgehead atoms. The van der Waals surface area contributed by atoms with Crippen molar-refractivity contribution in [3.05, 3.63) is 65.7 Å². The summed E-state index contributed by atoms with van der Waals surface area (Å²) in [5.74, 6) is -0.246. The van der Waals surface area contributed by atoms with E-state index in [1.54, 1.807) is 18.2 Å². The van der Waals surface area contributed by atoms with Gasteiger partial charge < -0.3 is 5.32 Å². The fourth-order valence-corrected chi connectivity index (χ4v) is 4.79. The lowest BCUT2D eigenvalue weighted by Crippen LogP contribution is -2.48. The van der Waals surface area contributed by atoms with Gasteiger partial charge in [-0.15, -0.1) is 0 Å². The van der Waals surface area contributed by atoms with Gasteiger partial charge in [-0.05, 0) is 37.1 Å². The zero-order valence-corrected chi connectivity index (χ0v) is 17.9. The molecule has 2 aromatic carbocycles. The highest BCUT2D eigenvalue weighted by atomic mass is 32.2. The maximum atomic E-state index is 13.1. The van der Waals surface area contributed by atoms with Crippen LogP contribution in [0.15, 0.2) is 59.5 Å². The van der Waals surface area contributed by atoms with Gasteiger partial charge in [-0.1, -0.05) is 43.3 Å². The molecule has 1 saturated heterocycles. The zero-order valence-electron chi connectivity index (χ0n) is 17.0. The second-order valence-corrected chi connectivity index (χ2v) is 9.41. The van der Waals surface area contributed by atoms with Gasteiger partial charge in [0.25, 0.3) is 5.91 Å². The number of piperazine rings is 1. The molecular formula is C22H29N3O3S. The maximum Gasteiger partial charge on any atom is 0.251 e. The van der Waals surface area contributed by atoms with Crippen LogP contribution in [-0.4, -0.2) is 55.8 Å². The number of carbonyl (C=O) groups excluding carboxylic acids is 1. The average Bonchev–Trinajstić information content (AvgIpc) is 2.75. The second kappa shape index (κ2) is 9.52. The summed E-state index contributed by atoms with van der Waals surface area (Å²) in [4.78, 5) is 14.8. The minimum Gasteiger partial charge on any atom is -0.350 e. The molecule has 6 nitrogen and oxygen atoms in total. The molecule has 1 unspecified atom stereocenters. The molecule has 0 saturated carbocycles. The number of hydrogen-bond donors (Lipinski definition) is 1. The van der Waals surface area contributed by atoms with Gasteiger partial charge in [0, 0.05) is 44.3 Å². The van der Waals surface area contributed by atoms with E-state index in [0.29, 0.717) is 31.7 Å². The lowest BCUT2D eigenvalue weighted by molar-refractivity contribution is 0.0939. The summed E-state index contributed by atoms with van der Waals surface area (Å²) in [6.07, 6.45) is 0.816. The van der Waals surface area contributed by atoms with Gasteiger partial charge in [0.15, 0.2) is 0 Å². The predicted molar refractivity (Wildman–Crippen MR) is 114 cm³/mol. The topological polar surface area (TPSA) is 69.7 Å². The van der Waals surface area contributed by atoms with E-state index >= 15 is 0 Å². The molecule has 0 aliphatic carbocycles. The third kappa shape index (κ3) is 5.44. The summed E-state index contributed by atoms with van der Waals surface area (Å²) < 4.78 is 27.7. The summed E-state index contributed by atoms with van der Waals surface area (Å²) in [6.45, 7) is 6.98. The maximum absolute atomic E-state index is 13.1. The van der Waals surface area contributed by atoms with E-state index in [1.165, 1.54) is 15.9 Å². The van der Waals surface area contributed by atoms with Gasteiger partial charge in [0.2, 0.25) is 10.0 Å². The SMILES string of the molecule is CCC(C)NC(=O)c1cccc(S(=O)(=O)N2CCN(Cc3ccccc3)CC2)c1. The van der Waals surface area contributed by atoms with E-state index in [9.17, 15) is 13.2 Å².